The van der Waals surface area contributed by atoms with Crippen LogP contribution in [-0.2, 0) is 11.8 Å². The molecular formula is C16H30N2S. The second-order valence-corrected chi connectivity index (χ2v) is 7.48. The van der Waals surface area contributed by atoms with Crippen LogP contribution >= 0.6 is 11.3 Å². The first kappa shape index (κ1) is 16.5. The van der Waals surface area contributed by atoms with E-state index in [-0.39, 0.29) is 5.41 Å². The fraction of sp³-hybridized carbons (Fsp3) is 0.812. The number of hydrogen-bond donors (Lipinski definition) is 1. The lowest BCUT2D eigenvalue weighted by molar-refractivity contribution is 0.575. The van der Waals surface area contributed by atoms with Gasteiger partial charge in [0.2, 0.25) is 0 Å². The summed E-state index contributed by atoms with van der Waals surface area (Å²) in [6.45, 7) is 8.85. The van der Waals surface area contributed by atoms with Crippen LogP contribution in [0.3, 0.4) is 0 Å². The molecule has 0 saturated heterocycles. The molecule has 1 rings (SSSR count). The molecule has 0 spiro atoms. The van der Waals surface area contributed by atoms with Crippen LogP contribution < -0.4 is 5.73 Å². The monoisotopic (exact) mass is 282 g/mol. The van der Waals surface area contributed by atoms with E-state index in [0.717, 1.165) is 17.1 Å². The Kier molecular flexibility index (Phi) is 6.84. The molecule has 1 aromatic rings. The Morgan fingerprint density at radius 2 is 1.58 bits per heavy atom. The second-order valence-electron chi connectivity index (χ2n) is 6.45. The van der Waals surface area contributed by atoms with E-state index in [4.69, 9.17) is 10.7 Å². The predicted octanol–water partition coefficient (Wildman–Crippen LogP) is 5.32. The van der Waals surface area contributed by atoms with Crippen LogP contribution in [0.2, 0.25) is 0 Å². The van der Waals surface area contributed by atoms with Gasteiger partial charge in [0.1, 0.15) is 10.0 Å². The molecule has 0 atom stereocenters. The minimum absolute atomic E-state index is 0.122. The second kappa shape index (κ2) is 7.88. The molecule has 0 unspecified atom stereocenters. The van der Waals surface area contributed by atoms with Gasteiger partial charge in [-0.25, -0.2) is 4.98 Å². The van der Waals surface area contributed by atoms with Gasteiger partial charge < -0.3 is 5.73 Å². The minimum Gasteiger partial charge on any atom is -0.389 e. The number of rotatable bonds is 8. The van der Waals surface area contributed by atoms with Gasteiger partial charge >= 0.3 is 0 Å². The smallest absolute Gasteiger partial charge is 0.109 e. The van der Waals surface area contributed by atoms with E-state index < -0.39 is 0 Å². The van der Waals surface area contributed by atoms with E-state index in [1.807, 2.05) is 0 Å². The first-order valence-corrected chi connectivity index (χ1v) is 8.52. The van der Waals surface area contributed by atoms with E-state index in [1.54, 1.807) is 11.3 Å². The molecule has 1 aromatic heterocycles. The van der Waals surface area contributed by atoms with Crippen LogP contribution in [0.25, 0.3) is 0 Å². The number of nitrogens with zero attached hydrogens (tertiary/aromatic N) is 1. The van der Waals surface area contributed by atoms with Gasteiger partial charge in [-0.1, -0.05) is 66.2 Å². The molecule has 3 heteroatoms. The number of aryl methyl sites for hydroxylation is 1. The van der Waals surface area contributed by atoms with Gasteiger partial charge in [0, 0.05) is 5.41 Å². The lowest BCUT2D eigenvalue weighted by Crippen LogP contribution is -2.10. The number of anilines is 1. The van der Waals surface area contributed by atoms with Crippen LogP contribution in [0.1, 0.15) is 83.3 Å². The van der Waals surface area contributed by atoms with Crippen LogP contribution in [0.15, 0.2) is 0 Å². The zero-order valence-electron chi connectivity index (χ0n) is 13.1. The fourth-order valence-electron chi connectivity index (χ4n) is 2.11. The van der Waals surface area contributed by atoms with Crippen molar-refractivity contribution in [2.45, 2.75) is 84.5 Å². The molecule has 2 N–H and O–H groups in total. The standard InChI is InChI=1S/C16H30N2S/c1-5-6-7-8-9-10-11-12-13-14(17)19-15(18-13)16(2,3)4/h5-12,17H2,1-4H3. The molecule has 0 radical (unpaired) electrons. The van der Waals surface area contributed by atoms with E-state index in [9.17, 15) is 0 Å². The third-order valence-electron chi connectivity index (χ3n) is 3.39. The van der Waals surface area contributed by atoms with Gasteiger partial charge in [-0.05, 0) is 12.8 Å². The van der Waals surface area contributed by atoms with Crippen molar-refractivity contribution in [2.75, 3.05) is 5.73 Å². The summed E-state index contributed by atoms with van der Waals surface area (Å²) in [5.41, 5.74) is 7.32. The summed E-state index contributed by atoms with van der Waals surface area (Å²) < 4.78 is 0. The first-order valence-electron chi connectivity index (χ1n) is 7.70. The average Bonchev–Trinajstić information content (AvgIpc) is 2.70. The van der Waals surface area contributed by atoms with Gasteiger partial charge in [-0.2, -0.15) is 0 Å². The SMILES string of the molecule is CCCCCCCCCc1nc(C(C)(C)C)sc1N. The van der Waals surface area contributed by atoms with Gasteiger partial charge in [0.05, 0.1) is 5.69 Å². The number of thiazole rings is 1. The third kappa shape index (κ3) is 5.94. The maximum atomic E-state index is 6.07. The number of hydrogen-bond acceptors (Lipinski definition) is 3. The lowest BCUT2D eigenvalue weighted by Gasteiger charge is -2.13. The van der Waals surface area contributed by atoms with Crippen molar-refractivity contribution in [3.05, 3.63) is 10.7 Å². The molecule has 2 nitrogen and oxygen atoms in total. The Labute approximate surface area is 122 Å². The maximum absolute atomic E-state index is 6.07. The Hall–Kier alpha value is -0.570. The molecule has 0 saturated carbocycles. The van der Waals surface area contributed by atoms with Crippen LogP contribution in [0, 0.1) is 0 Å². The van der Waals surface area contributed by atoms with E-state index in [2.05, 4.69) is 27.7 Å². The largest absolute Gasteiger partial charge is 0.389 e. The van der Waals surface area contributed by atoms with Crippen molar-refractivity contribution in [1.29, 1.82) is 0 Å². The Morgan fingerprint density at radius 3 is 2.11 bits per heavy atom. The minimum atomic E-state index is 0.122. The summed E-state index contributed by atoms with van der Waals surface area (Å²) in [5, 5.41) is 2.10. The Morgan fingerprint density at radius 1 is 1.00 bits per heavy atom. The van der Waals surface area contributed by atoms with Gasteiger partial charge in [0.25, 0.3) is 0 Å². The summed E-state index contributed by atoms with van der Waals surface area (Å²) in [5.74, 6) is 0. The summed E-state index contributed by atoms with van der Waals surface area (Å²) in [4.78, 5) is 4.72. The fourth-order valence-corrected chi connectivity index (χ4v) is 3.05. The topological polar surface area (TPSA) is 38.9 Å². The van der Waals surface area contributed by atoms with E-state index in [0.29, 0.717) is 0 Å². The summed E-state index contributed by atoms with van der Waals surface area (Å²) in [7, 11) is 0. The highest BCUT2D eigenvalue weighted by atomic mass is 32.1. The highest BCUT2D eigenvalue weighted by Gasteiger charge is 2.20. The van der Waals surface area contributed by atoms with Crippen LogP contribution in [-0.4, -0.2) is 4.98 Å². The molecule has 0 fully saturated rings. The van der Waals surface area contributed by atoms with Crippen molar-refractivity contribution >= 4 is 16.3 Å². The van der Waals surface area contributed by atoms with Crippen LogP contribution in [0.5, 0.6) is 0 Å². The van der Waals surface area contributed by atoms with Crippen molar-refractivity contribution < 1.29 is 0 Å². The van der Waals surface area contributed by atoms with E-state index >= 15 is 0 Å². The maximum Gasteiger partial charge on any atom is 0.109 e. The van der Waals surface area contributed by atoms with Crippen molar-refractivity contribution in [3.63, 3.8) is 0 Å². The van der Waals surface area contributed by atoms with Crippen molar-refractivity contribution in [3.8, 4) is 0 Å². The molecule has 1 heterocycles. The molecular weight excluding hydrogens is 252 g/mol. The molecule has 0 amide bonds. The number of nitrogens with two attached hydrogens (primary N) is 1. The van der Waals surface area contributed by atoms with Gasteiger partial charge in [-0.3, -0.25) is 0 Å². The van der Waals surface area contributed by atoms with Crippen molar-refractivity contribution in [1.82, 2.24) is 4.98 Å². The number of unbranched alkanes of at least 4 members (excludes halogenated alkanes) is 6. The highest BCUT2D eigenvalue weighted by molar-refractivity contribution is 7.15. The van der Waals surface area contributed by atoms with E-state index in [1.165, 1.54) is 50.0 Å². The summed E-state index contributed by atoms with van der Waals surface area (Å²) in [6, 6.07) is 0. The summed E-state index contributed by atoms with van der Waals surface area (Å²) in [6.07, 6.45) is 10.4. The quantitative estimate of drug-likeness (QED) is 0.656. The average molecular weight is 282 g/mol. The molecule has 19 heavy (non-hydrogen) atoms. The molecule has 0 bridgehead atoms. The Balaban J connectivity index is 2.28. The molecule has 0 aliphatic carbocycles. The molecule has 0 aliphatic heterocycles. The van der Waals surface area contributed by atoms with Crippen LogP contribution in [0.4, 0.5) is 5.00 Å². The first-order chi connectivity index (χ1) is 8.95. The normalized spacial score (nSPS) is 12.0. The zero-order valence-corrected chi connectivity index (χ0v) is 13.9. The molecule has 0 aromatic carbocycles. The molecule has 110 valence electrons. The molecule has 0 aliphatic rings. The number of aromatic nitrogens is 1. The van der Waals surface area contributed by atoms with Gasteiger partial charge in [-0.15, -0.1) is 11.3 Å². The third-order valence-corrected chi connectivity index (χ3v) is 4.74. The predicted molar refractivity (Wildman–Crippen MR) is 86.9 cm³/mol. The zero-order chi connectivity index (χ0) is 14.3. The Bertz CT molecular complexity index is 363. The number of nitrogen functional groups attached to an aromatic ring is 1. The van der Waals surface area contributed by atoms with Crippen molar-refractivity contribution in [2.24, 2.45) is 0 Å². The highest BCUT2D eigenvalue weighted by Crippen LogP contribution is 2.31. The van der Waals surface area contributed by atoms with Gasteiger partial charge in [0.15, 0.2) is 0 Å². The lowest BCUT2D eigenvalue weighted by atomic mass is 9.98. The summed E-state index contributed by atoms with van der Waals surface area (Å²) >= 11 is 1.66.